The van der Waals surface area contributed by atoms with Gasteiger partial charge in [0, 0.05) is 37.8 Å². The molecule has 0 saturated carbocycles. The number of carbonyl (C=O) groups excluding carboxylic acids is 1. The molecule has 1 aromatic rings. The molecule has 1 aromatic heterocycles. The monoisotopic (exact) mass is 394 g/mol. The van der Waals surface area contributed by atoms with Crippen molar-refractivity contribution in [2.24, 2.45) is 0 Å². The SMILES string of the molecule is Cc1[nH]cnc1CN1CCN(C(=O)CCC(F)(F)F)[C@@H]2CS(=O)(=O)C[C@@H]21. The summed E-state index contributed by atoms with van der Waals surface area (Å²) >= 11 is 0. The molecule has 0 spiro atoms. The second-order valence-electron chi connectivity index (χ2n) is 6.86. The fourth-order valence-electron chi connectivity index (χ4n) is 3.66. The van der Waals surface area contributed by atoms with Gasteiger partial charge >= 0.3 is 6.18 Å². The van der Waals surface area contributed by atoms with Crippen LogP contribution in [0.1, 0.15) is 24.2 Å². The number of imidazole rings is 1. The zero-order valence-electron chi connectivity index (χ0n) is 14.3. The Labute approximate surface area is 149 Å². The van der Waals surface area contributed by atoms with Crippen LogP contribution in [-0.4, -0.2) is 76.9 Å². The number of sulfone groups is 1. The van der Waals surface area contributed by atoms with E-state index in [0.717, 1.165) is 11.4 Å². The molecule has 26 heavy (non-hydrogen) atoms. The van der Waals surface area contributed by atoms with E-state index in [1.165, 1.54) is 4.90 Å². The molecule has 0 radical (unpaired) electrons. The quantitative estimate of drug-likeness (QED) is 0.819. The van der Waals surface area contributed by atoms with Gasteiger partial charge < -0.3 is 9.88 Å². The summed E-state index contributed by atoms with van der Waals surface area (Å²) in [7, 11) is -3.35. The van der Waals surface area contributed by atoms with E-state index in [4.69, 9.17) is 0 Å². The normalized spacial score (nSPS) is 26.1. The third kappa shape index (κ3) is 4.20. The number of hydrogen-bond acceptors (Lipinski definition) is 5. The lowest BCUT2D eigenvalue weighted by Crippen LogP contribution is -2.60. The summed E-state index contributed by atoms with van der Waals surface area (Å²) < 4.78 is 61.5. The van der Waals surface area contributed by atoms with Crippen molar-refractivity contribution < 1.29 is 26.4 Å². The van der Waals surface area contributed by atoms with Gasteiger partial charge in [-0.1, -0.05) is 0 Å². The summed E-state index contributed by atoms with van der Waals surface area (Å²) in [5, 5.41) is 0. The number of H-pyrrole nitrogens is 1. The van der Waals surface area contributed by atoms with Crippen LogP contribution in [0.3, 0.4) is 0 Å². The number of alkyl halides is 3. The number of rotatable bonds is 4. The Morgan fingerprint density at radius 2 is 2.00 bits per heavy atom. The Kier molecular flexibility index (Phi) is 5.04. The average molecular weight is 394 g/mol. The van der Waals surface area contributed by atoms with Crippen LogP contribution in [-0.2, 0) is 21.2 Å². The molecule has 2 atom stereocenters. The van der Waals surface area contributed by atoms with Crippen molar-refractivity contribution in [3.63, 3.8) is 0 Å². The van der Waals surface area contributed by atoms with E-state index in [-0.39, 0.29) is 18.1 Å². The number of amides is 1. The van der Waals surface area contributed by atoms with Gasteiger partial charge in [0.2, 0.25) is 5.91 Å². The largest absolute Gasteiger partial charge is 0.389 e. The third-order valence-electron chi connectivity index (χ3n) is 5.02. The van der Waals surface area contributed by atoms with Gasteiger partial charge in [-0.2, -0.15) is 13.2 Å². The highest BCUT2D eigenvalue weighted by atomic mass is 32.2. The van der Waals surface area contributed by atoms with Crippen molar-refractivity contribution in [3.8, 4) is 0 Å². The first kappa shape index (κ1) is 19.2. The zero-order valence-corrected chi connectivity index (χ0v) is 15.1. The highest BCUT2D eigenvalue weighted by Gasteiger charge is 2.48. The van der Waals surface area contributed by atoms with Gasteiger partial charge in [0.1, 0.15) is 0 Å². The van der Waals surface area contributed by atoms with Gasteiger partial charge in [0.05, 0.1) is 36.0 Å². The molecule has 3 heterocycles. The molecule has 0 bridgehead atoms. The maximum Gasteiger partial charge on any atom is 0.389 e. The van der Waals surface area contributed by atoms with E-state index in [0.29, 0.717) is 13.1 Å². The van der Waals surface area contributed by atoms with Crippen LogP contribution >= 0.6 is 0 Å². The Hall–Kier alpha value is -1.62. The summed E-state index contributed by atoms with van der Waals surface area (Å²) in [6.07, 6.45) is -4.69. The molecule has 146 valence electrons. The van der Waals surface area contributed by atoms with Crippen molar-refractivity contribution in [2.45, 2.75) is 44.6 Å². The van der Waals surface area contributed by atoms with Crippen LogP contribution in [0.15, 0.2) is 6.33 Å². The first-order valence-corrected chi connectivity index (χ1v) is 10.2. The summed E-state index contributed by atoms with van der Waals surface area (Å²) in [4.78, 5) is 22.7. The van der Waals surface area contributed by atoms with Gasteiger partial charge in [-0.25, -0.2) is 13.4 Å². The first-order chi connectivity index (χ1) is 12.1. The number of nitrogens with one attached hydrogen (secondary N) is 1. The molecule has 1 N–H and O–H groups in total. The van der Waals surface area contributed by atoms with Crippen LogP contribution < -0.4 is 0 Å². The summed E-state index contributed by atoms with van der Waals surface area (Å²) in [6, 6.07) is -1.02. The van der Waals surface area contributed by atoms with E-state index in [1.54, 1.807) is 6.33 Å². The van der Waals surface area contributed by atoms with Crippen LogP contribution in [0, 0.1) is 6.92 Å². The van der Waals surface area contributed by atoms with Crippen molar-refractivity contribution in [1.29, 1.82) is 0 Å². The number of halogens is 3. The standard InChI is InChI=1S/C15H21F3N4O3S/c1-10-11(20-9-19-10)6-21-4-5-22(14(23)2-3-15(16,17)18)13-8-26(24,25)7-12(13)21/h9,12-13H,2-8H2,1H3,(H,19,20)/t12-,13+/m0/s1. The fraction of sp³-hybridized carbons (Fsp3) is 0.733. The van der Waals surface area contributed by atoms with Gasteiger partial charge in [-0.3, -0.25) is 9.69 Å². The molecule has 2 aliphatic rings. The fourth-order valence-corrected chi connectivity index (χ4v) is 5.67. The minimum Gasteiger partial charge on any atom is -0.348 e. The molecule has 2 aliphatic heterocycles. The number of fused-ring (bicyclic) bond motifs is 1. The topological polar surface area (TPSA) is 86.4 Å². The number of aryl methyl sites for hydroxylation is 1. The molecule has 0 aromatic carbocycles. The van der Waals surface area contributed by atoms with Gasteiger partial charge in [0.15, 0.2) is 9.84 Å². The highest BCUT2D eigenvalue weighted by molar-refractivity contribution is 7.91. The van der Waals surface area contributed by atoms with E-state index in [2.05, 4.69) is 9.97 Å². The van der Waals surface area contributed by atoms with Crippen LogP contribution in [0.4, 0.5) is 13.2 Å². The number of nitrogens with zero attached hydrogens (tertiary/aromatic N) is 3. The molecule has 2 fully saturated rings. The molecular formula is C15H21F3N4O3S. The van der Waals surface area contributed by atoms with Crippen molar-refractivity contribution in [2.75, 3.05) is 24.6 Å². The lowest BCUT2D eigenvalue weighted by molar-refractivity contribution is -0.152. The molecule has 11 heteroatoms. The van der Waals surface area contributed by atoms with Crippen molar-refractivity contribution in [3.05, 3.63) is 17.7 Å². The van der Waals surface area contributed by atoms with E-state index >= 15 is 0 Å². The second kappa shape index (κ2) is 6.84. The predicted octanol–water partition coefficient (Wildman–Crippen LogP) is 0.870. The van der Waals surface area contributed by atoms with Crippen LogP contribution in [0.25, 0.3) is 0 Å². The minimum atomic E-state index is -4.41. The summed E-state index contributed by atoms with van der Waals surface area (Å²) in [5.41, 5.74) is 1.68. The zero-order chi connectivity index (χ0) is 19.1. The van der Waals surface area contributed by atoms with E-state index in [1.807, 2.05) is 11.8 Å². The Morgan fingerprint density at radius 3 is 2.62 bits per heavy atom. The van der Waals surface area contributed by atoms with Crippen LogP contribution in [0.2, 0.25) is 0 Å². The van der Waals surface area contributed by atoms with Gasteiger partial charge in [-0.15, -0.1) is 0 Å². The molecule has 3 rings (SSSR count). The number of carbonyl (C=O) groups is 1. The maximum absolute atomic E-state index is 12.4. The summed E-state index contributed by atoms with van der Waals surface area (Å²) in [6.45, 7) is 2.93. The van der Waals surface area contributed by atoms with Gasteiger partial charge in [0.25, 0.3) is 0 Å². The Balaban J connectivity index is 1.74. The van der Waals surface area contributed by atoms with E-state index < -0.39 is 46.8 Å². The average Bonchev–Trinajstić information content (AvgIpc) is 3.06. The lowest BCUT2D eigenvalue weighted by Gasteiger charge is -2.43. The molecule has 7 nitrogen and oxygen atoms in total. The molecule has 0 unspecified atom stereocenters. The minimum absolute atomic E-state index is 0.0931. The second-order valence-corrected chi connectivity index (χ2v) is 9.01. The Morgan fingerprint density at radius 1 is 1.31 bits per heavy atom. The van der Waals surface area contributed by atoms with E-state index in [9.17, 15) is 26.4 Å². The highest BCUT2D eigenvalue weighted by Crippen LogP contribution is 2.30. The van der Waals surface area contributed by atoms with Gasteiger partial charge in [-0.05, 0) is 6.92 Å². The Bertz CT molecular complexity index is 777. The van der Waals surface area contributed by atoms with Crippen molar-refractivity contribution >= 4 is 15.7 Å². The molecule has 1 amide bonds. The number of aromatic nitrogens is 2. The first-order valence-electron chi connectivity index (χ1n) is 8.35. The van der Waals surface area contributed by atoms with Crippen LogP contribution in [0.5, 0.6) is 0 Å². The predicted molar refractivity (Wildman–Crippen MR) is 87.0 cm³/mol. The summed E-state index contributed by atoms with van der Waals surface area (Å²) in [5.74, 6) is -0.930. The maximum atomic E-state index is 12.4. The smallest absolute Gasteiger partial charge is 0.348 e. The third-order valence-corrected chi connectivity index (χ3v) is 6.72. The molecular weight excluding hydrogens is 373 g/mol. The number of hydrogen-bond donors (Lipinski definition) is 1. The van der Waals surface area contributed by atoms with Crippen molar-refractivity contribution in [1.82, 2.24) is 19.8 Å². The number of aromatic amines is 1. The number of piperazine rings is 1. The molecule has 2 saturated heterocycles. The lowest BCUT2D eigenvalue weighted by atomic mass is 10.0. The molecule has 0 aliphatic carbocycles.